The van der Waals surface area contributed by atoms with Gasteiger partial charge in [-0.25, -0.2) is 9.97 Å². The number of hydrogen-bond donors (Lipinski definition) is 2. The van der Waals surface area contributed by atoms with E-state index < -0.39 is 0 Å². The molecule has 2 heterocycles. The summed E-state index contributed by atoms with van der Waals surface area (Å²) >= 11 is 0. The molecule has 4 aromatic rings. The second-order valence-corrected chi connectivity index (χ2v) is 6.18. The number of hydrogen-bond acceptors (Lipinski definition) is 6. The zero-order valence-corrected chi connectivity index (χ0v) is 15.8. The summed E-state index contributed by atoms with van der Waals surface area (Å²) in [6.45, 7) is 0. The largest absolute Gasteiger partial charge is 0.493 e. The van der Waals surface area contributed by atoms with E-state index in [9.17, 15) is 0 Å². The zero-order chi connectivity index (χ0) is 19.7. The highest BCUT2D eigenvalue weighted by Gasteiger charge is 2.18. The fraction of sp³-hybridized carbons (Fsp3) is 0.143. The summed E-state index contributed by atoms with van der Waals surface area (Å²) in [7, 11) is 4.73. The van der Waals surface area contributed by atoms with E-state index in [2.05, 4.69) is 27.1 Å². The van der Waals surface area contributed by atoms with Crippen LogP contribution in [0.5, 0.6) is 17.2 Å². The van der Waals surface area contributed by atoms with Gasteiger partial charge in [-0.1, -0.05) is 12.1 Å². The molecule has 0 aliphatic rings. The number of fused-ring (bicyclic) bond motifs is 1. The lowest BCUT2D eigenvalue weighted by molar-refractivity contribution is 0.324. The van der Waals surface area contributed by atoms with E-state index in [1.165, 1.54) is 0 Å². The van der Waals surface area contributed by atoms with E-state index in [0.29, 0.717) is 22.9 Å². The molecule has 0 amide bonds. The molecule has 142 valence electrons. The van der Waals surface area contributed by atoms with E-state index >= 15 is 0 Å². The monoisotopic (exact) mass is 376 g/mol. The van der Waals surface area contributed by atoms with Crippen LogP contribution in [0, 0.1) is 0 Å². The van der Waals surface area contributed by atoms with Crippen molar-refractivity contribution in [1.82, 2.24) is 15.0 Å². The van der Waals surface area contributed by atoms with Crippen LogP contribution in [0.1, 0.15) is 0 Å². The van der Waals surface area contributed by atoms with E-state index in [-0.39, 0.29) is 5.95 Å². The van der Waals surface area contributed by atoms with Gasteiger partial charge >= 0.3 is 0 Å². The summed E-state index contributed by atoms with van der Waals surface area (Å²) in [6.07, 6.45) is 3.64. The van der Waals surface area contributed by atoms with Crippen molar-refractivity contribution in [3.63, 3.8) is 0 Å². The summed E-state index contributed by atoms with van der Waals surface area (Å²) < 4.78 is 16.4. The lowest BCUT2D eigenvalue weighted by atomic mass is 9.99. The average molecular weight is 376 g/mol. The number of benzene rings is 2. The van der Waals surface area contributed by atoms with Crippen LogP contribution in [-0.4, -0.2) is 36.3 Å². The molecule has 0 saturated carbocycles. The number of nitrogens with two attached hydrogens (primary N) is 1. The number of H-pyrrole nitrogens is 1. The zero-order valence-electron chi connectivity index (χ0n) is 15.8. The number of nitrogens with one attached hydrogen (secondary N) is 1. The minimum Gasteiger partial charge on any atom is -0.493 e. The number of methoxy groups -OCH3 is 3. The number of rotatable bonds is 5. The van der Waals surface area contributed by atoms with Crippen molar-refractivity contribution in [2.24, 2.45) is 0 Å². The van der Waals surface area contributed by atoms with Gasteiger partial charge < -0.3 is 24.9 Å². The predicted octanol–water partition coefficient (Wildman–Crippen LogP) is 3.90. The third-order valence-electron chi connectivity index (χ3n) is 4.61. The maximum atomic E-state index is 5.90. The summed E-state index contributed by atoms with van der Waals surface area (Å²) in [5.74, 6) is 1.79. The minimum atomic E-state index is 0.188. The smallest absolute Gasteiger partial charge is 0.220 e. The van der Waals surface area contributed by atoms with Crippen LogP contribution in [0.25, 0.3) is 33.3 Å². The van der Waals surface area contributed by atoms with Crippen molar-refractivity contribution >= 4 is 16.9 Å². The molecule has 0 aliphatic heterocycles. The summed E-state index contributed by atoms with van der Waals surface area (Å²) in [5, 5.41) is 1.13. The molecule has 0 radical (unpaired) electrons. The first-order chi connectivity index (χ1) is 13.6. The summed E-state index contributed by atoms with van der Waals surface area (Å²) in [5.41, 5.74) is 10.2. The number of nitrogen functional groups attached to an aromatic ring is 1. The lowest BCUT2D eigenvalue weighted by Crippen LogP contribution is -2.00. The number of ether oxygens (including phenoxy) is 3. The Morgan fingerprint density at radius 2 is 1.64 bits per heavy atom. The second kappa shape index (κ2) is 7.11. The molecule has 2 aromatic heterocycles. The van der Waals surface area contributed by atoms with Gasteiger partial charge in [-0.2, -0.15) is 0 Å². The molecule has 7 nitrogen and oxygen atoms in total. The van der Waals surface area contributed by atoms with Gasteiger partial charge in [0.05, 0.1) is 27.0 Å². The van der Waals surface area contributed by atoms with Gasteiger partial charge in [-0.3, -0.25) is 0 Å². The van der Waals surface area contributed by atoms with Crippen LogP contribution in [0.4, 0.5) is 5.95 Å². The van der Waals surface area contributed by atoms with Gasteiger partial charge in [-0.15, -0.1) is 0 Å². The van der Waals surface area contributed by atoms with Crippen molar-refractivity contribution in [3.05, 3.63) is 48.8 Å². The Morgan fingerprint density at radius 1 is 0.893 bits per heavy atom. The summed E-state index contributed by atoms with van der Waals surface area (Å²) in [6, 6.07) is 11.9. The highest BCUT2D eigenvalue weighted by molar-refractivity contribution is 5.89. The molecule has 3 N–H and O–H groups in total. The molecule has 2 aromatic carbocycles. The van der Waals surface area contributed by atoms with Crippen molar-refractivity contribution in [2.75, 3.05) is 27.1 Å². The fourth-order valence-electron chi connectivity index (χ4n) is 3.26. The Bertz CT molecular complexity index is 1130. The highest BCUT2D eigenvalue weighted by atomic mass is 16.5. The Morgan fingerprint density at radius 3 is 2.32 bits per heavy atom. The Balaban J connectivity index is 1.94. The first kappa shape index (κ1) is 17.7. The molecule has 0 spiro atoms. The van der Waals surface area contributed by atoms with Gasteiger partial charge in [0.25, 0.3) is 0 Å². The van der Waals surface area contributed by atoms with Gasteiger partial charge in [0.1, 0.15) is 0 Å². The van der Waals surface area contributed by atoms with Crippen LogP contribution in [0.3, 0.4) is 0 Å². The maximum absolute atomic E-state index is 5.90. The molecule has 7 heteroatoms. The Labute approximate surface area is 162 Å². The van der Waals surface area contributed by atoms with Crippen molar-refractivity contribution in [2.45, 2.75) is 0 Å². The van der Waals surface area contributed by atoms with Gasteiger partial charge in [0.2, 0.25) is 11.7 Å². The standard InChI is InChI=1S/C21H20N4O3/c1-26-17-9-14(10-18(27-2)20(17)28-3)19-15(11-24-21(22)25-19)13-5-4-12-6-7-23-16(12)8-13/h4-11,23H,1-3H3,(H2,22,24,25). The van der Waals surface area contributed by atoms with Gasteiger partial charge in [-0.05, 0) is 35.2 Å². The highest BCUT2D eigenvalue weighted by Crippen LogP contribution is 2.42. The van der Waals surface area contributed by atoms with E-state index in [1.54, 1.807) is 27.5 Å². The third kappa shape index (κ3) is 2.96. The molecule has 28 heavy (non-hydrogen) atoms. The molecule has 0 aliphatic carbocycles. The number of aromatic nitrogens is 3. The fourth-order valence-corrected chi connectivity index (χ4v) is 3.26. The molecule has 0 saturated heterocycles. The Hall–Kier alpha value is -3.74. The quantitative estimate of drug-likeness (QED) is 0.548. The van der Waals surface area contributed by atoms with Crippen molar-refractivity contribution < 1.29 is 14.2 Å². The van der Waals surface area contributed by atoms with Crippen LogP contribution < -0.4 is 19.9 Å². The molecule has 4 rings (SSSR count). The SMILES string of the molecule is COc1cc(-c2nc(N)ncc2-c2ccc3cc[nH]c3c2)cc(OC)c1OC. The predicted molar refractivity (Wildman–Crippen MR) is 109 cm³/mol. The van der Waals surface area contributed by atoms with Crippen LogP contribution >= 0.6 is 0 Å². The van der Waals surface area contributed by atoms with Crippen LogP contribution in [0.2, 0.25) is 0 Å². The Kier molecular flexibility index (Phi) is 4.49. The maximum Gasteiger partial charge on any atom is 0.220 e. The van der Waals surface area contributed by atoms with E-state index in [0.717, 1.165) is 27.6 Å². The first-order valence-electron chi connectivity index (χ1n) is 8.65. The molecule has 0 unspecified atom stereocenters. The van der Waals surface area contributed by atoms with E-state index in [4.69, 9.17) is 19.9 Å². The average Bonchev–Trinajstić information content (AvgIpc) is 3.20. The first-order valence-corrected chi connectivity index (χ1v) is 8.65. The third-order valence-corrected chi connectivity index (χ3v) is 4.61. The number of anilines is 1. The summed E-state index contributed by atoms with van der Waals surface area (Å²) in [4.78, 5) is 11.9. The number of aromatic amines is 1. The molecule has 0 atom stereocenters. The molecule has 0 fully saturated rings. The molecule has 0 bridgehead atoms. The topological polar surface area (TPSA) is 95.3 Å². The van der Waals surface area contributed by atoms with Crippen LogP contribution in [0.15, 0.2) is 48.8 Å². The van der Waals surface area contributed by atoms with Crippen molar-refractivity contribution in [1.29, 1.82) is 0 Å². The molecular formula is C21H20N4O3. The van der Waals surface area contributed by atoms with E-state index in [1.807, 2.05) is 30.5 Å². The van der Waals surface area contributed by atoms with Crippen molar-refractivity contribution in [3.8, 4) is 39.6 Å². The molecular weight excluding hydrogens is 356 g/mol. The normalized spacial score (nSPS) is 10.8. The van der Waals surface area contributed by atoms with Crippen LogP contribution in [-0.2, 0) is 0 Å². The van der Waals surface area contributed by atoms with Gasteiger partial charge in [0, 0.05) is 29.0 Å². The second-order valence-electron chi connectivity index (χ2n) is 6.18. The lowest BCUT2D eigenvalue weighted by Gasteiger charge is -2.15. The van der Waals surface area contributed by atoms with Gasteiger partial charge in [0.15, 0.2) is 11.5 Å². The minimum absolute atomic E-state index is 0.188. The number of nitrogens with zero attached hydrogens (tertiary/aromatic N) is 2.